The summed E-state index contributed by atoms with van der Waals surface area (Å²) in [6, 6.07) is 15.7. The molecule has 0 N–H and O–H groups in total. The second-order valence-corrected chi connectivity index (χ2v) is 8.04. The number of hydrogen-bond acceptors (Lipinski definition) is 4. The molecule has 3 aromatic rings. The summed E-state index contributed by atoms with van der Waals surface area (Å²) >= 11 is 0. The van der Waals surface area contributed by atoms with Gasteiger partial charge in [-0.3, -0.25) is 4.79 Å². The van der Waals surface area contributed by atoms with Gasteiger partial charge in [0.2, 0.25) is 5.75 Å². The minimum atomic E-state index is -0.154. The zero-order valence-electron chi connectivity index (χ0n) is 19.6. The number of unbranched alkanes of at least 4 members (excludes halogenated alkanes) is 4. The average Bonchev–Trinajstić information content (AvgIpc) is 2.83. The zero-order chi connectivity index (χ0) is 22.8. The van der Waals surface area contributed by atoms with Crippen LogP contribution < -0.4 is 19.8 Å². The standard InChI is InChI=1S/C27H35NO4/c1-4-6-8-12-18-31-25-23-16-15-22(30-3)19-24(23)28(17-7-5-2)27(29)26(25)32-20-21-13-10-9-11-14-21/h9-11,13-16,19H,4-8,12,17-18,20H2,1-3H3. The fraction of sp³-hybridized carbons (Fsp3) is 0.444. The Balaban J connectivity index is 2.05. The second-order valence-electron chi connectivity index (χ2n) is 8.04. The summed E-state index contributed by atoms with van der Waals surface area (Å²) in [5.41, 5.74) is 1.67. The highest BCUT2D eigenvalue weighted by atomic mass is 16.5. The van der Waals surface area contributed by atoms with Crippen LogP contribution >= 0.6 is 0 Å². The number of rotatable bonds is 13. The van der Waals surface area contributed by atoms with Gasteiger partial charge < -0.3 is 18.8 Å². The molecule has 0 fully saturated rings. The molecule has 1 heterocycles. The molecule has 5 nitrogen and oxygen atoms in total. The number of ether oxygens (including phenoxy) is 3. The first-order valence-electron chi connectivity index (χ1n) is 11.7. The van der Waals surface area contributed by atoms with E-state index in [1.54, 1.807) is 11.7 Å². The van der Waals surface area contributed by atoms with Gasteiger partial charge in [0.15, 0.2) is 5.75 Å². The smallest absolute Gasteiger partial charge is 0.297 e. The van der Waals surface area contributed by atoms with E-state index < -0.39 is 0 Å². The number of nitrogens with zero attached hydrogens (tertiary/aromatic N) is 1. The van der Waals surface area contributed by atoms with E-state index in [-0.39, 0.29) is 11.3 Å². The highest BCUT2D eigenvalue weighted by molar-refractivity contribution is 5.89. The van der Waals surface area contributed by atoms with Crippen molar-refractivity contribution in [1.82, 2.24) is 4.57 Å². The predicted octanol–water partition coefficient (Wildman–Crippen LogP) is 6.35. The van der Waals surface area contributed by atoms with Crippen molar-refractivity contribution in [2.75, 3.05) is 13.7 Å². The number of fused-ring (bicyclic) bond motifs is 1. The van der Waals surface area contributed by atoms with Gasteiger partial charge in [-0.25, -0.2) is 0 Å². The number of hydrogen-bond donors (Lipinski definition) is 0. The number of aryl methyl sites for hydroxylation is 1. The SMILES string of the molecule is CCCCCCOc1c(OCc2ccccc2)c(=O)n(CCCC)c2cc(OC)ccc12. The van der Waals surface area contributed by atoms with Crippen LogP contribution in [0.4, 0.5) is 0 Å². The molecule has 0 aliphatic rings. The average molecular weight is 438 g/mol. The molecule has 32 heavy (non-hydrogen) atoms. The van der Waals surface area contributed by atoms with Crippen molar-refractivity contribution < 1.29 is 14.2 Å². The van der Waals surface area contributed by atoms with E-state index in [4.69, 9.17) is 14.2 Å². The summed E-state index contributed by atoms with van der Waals surface area (Å²) in [6.07, 6.45) is 6.30. The van der Waals surface area contributed by atoms with Crippen LogP contribution in [0, 0.1) is 0 Å². The molecule has 0 aliphatic carbocycles. The fourth-order valence-corrected chi connectivity index (χ4v) is 3.75. The molecule has 5 heteroatoms. The van der Waals surface area contributed by atoms with Gasteiger partial charge in [-0.05, 0) is 30.5 Å². The molecule has 1 aromatic heterocycles. The van der Waals surface area contributed by atoms with Crippen molar-refractivity contribution in [3.8, 4) is 17.2 Å². The number of benzene rings is 2. The first-order valence-corrected chi connectivity index (χ1v) is 11.7. The van der Waals surface area contributed by atoms with Crippen LogP contribution in [0.2, 0.25) is 0 Å². The molecule has 0 amide bonds. The van der Waals surface area contributed by atoms with Gasteiger partial charge in [-0.2, -0.15) is 0 Å². The lowest BCUT2D eigenvalue weighted by molar-refractivity contribution is 0.255. The first-order chi connectivity index (χ1) is 15.7. The number of pyridine rings is 1. The Kier molecular flexibility index (Phi) is 9.02. The van der Waals surface area contributed by atoms with Crippen LogP contribution in [0.1, 0.15) is 57.9 Å². The van der Waals surface area contributed by atoms with Gasteiger partial charge in [0.05, 0.1) is 19.2 Å². The molecule has 0 bridgehead atoms. The minimum Gasteiger partial charge on any atom is -0.497 e. The van der Waals surface area contributed by atoms with Crippen molar-refractivity contribution in [2.45, 2.75) is 65.5 Å². The van der Waals surface area contributed by atoms with E-state index in [1.165, 1.54) is 12.8 Å². The molecule has 0 atom stereocenters. The summed E-state index contributed by atoms with van der Waals surface area (Å²) in [7, 11) is 1.64. The largest absolute Gasteiger partial charge is 0.497 e. The van der Waals surface area contributed by atoms with Crippen LogP contribution in [-0.2, 0) is 13.2 Å². The monoisotopic (exact) mass is 437 g/mol. The molecule has 0 radical (unpaired) electrons. The fourth-order valence-electron chi connectivity index (χ4n) is 3.75. The highest BCUT2D eigenvalue weighted by Gasteiger charge is 2.20. The predicted molar refractivity (Wildman–Crippen MR) is 130 cm³/mol. The van der Waals surface area contributed by atoms with E-state index in [2.05, 4.69) is 13.8 Å². The van der Waals surface area contributed by atoms with Crippen LogP contribution in [0.25, 0.3) is 10.9 Å². The molecular formula is C27H35NO4. The minimum absolute atomic E-state index is 0.154. The Bertz CT molecular complexity index is 1040. The maximum atomic E-state index is 13.6. The summed E-state index contributed by atoms with van der Waals surface area (Å²) < 4.78 is 19.6. The maximum absolute atomic E-state index is 13.6. The third-order valence-electron chi connectivity index (χ3n) is 5.59. The quantitative estimate of drug-likeness (QED) is 0.292. The molecule has 2 aromatic carbocycles. The molecular weight excluding hydrogens is 402 g/mol. The Morgan fingerprint density at radius 3 is 2.34 bits per heavy atom. The lowest BCUT2D eigenvalue weighted by Gasteiger charge is -2.19. The summed E-state index contributed by atoms with van der Waals surface area (Å²) in [5, 5.41) is 0.875. The van der Waals surface area contributed by atoms with Crippen LogP contribution in [0.5, 0.6) is 17.2 Å². The van der Waals surface area contributed by atoms with Crippen LogP contribution in [0.15, 0.2) is 53.3 Å². The van der Waals surface area contributed by atoms with Crippen molar-refractivity contribution >= 4 is 10.9 Å². The van der Waals surface area contributed by atoms with Gasteiger partial charge in [-0.15, -0.1) is 0 Å². The van der Waals surface area contributed by atoms with Gasteiger partial charge in [-0.1, -0.05) is 69.9 Å². The zero-order valence-corrected chi connectivity index (χ0v) is 19.6. The van der Waals surface area contributed by atoms with E-state index in [0.29, 0.717) is 31.3 Å². The number of methoxy groups -OCH3 is 1. The topological polar surface area (TPSA) is 49.7 Å². The summed E-state index contributed by atoms with van der Waals surface area (Å²) in [6.45, 7) is 5.80. The van der Waals surface area contributed by atoms with E-state index in [1.807, 2.05) is 48.5 Å². The molecule has 0 saturated heterocycles. The summed E-state index contributed by atoms with van der Waals surface area (Å²) in [4.78, 5) is 13.6. The molecule has 0 aliphatic heterocycles. The van der Waals surface area contributed by atoms with Gasteiger partial charge in [0.1, 0.15) is 12.4 Å². The normalized spacial score (nSPS) is 11.0. The van der Waals surface area contributed by atoms with Gasteiger partial charge in [0, 0.05) is 18.0 Å². The Morgan fingerprint density at radius 1 is 0.844 bits per heavy atom. The third kappa shape index (κ3) is 5.84. The molecule has 0 unspecified atom stereocenters. The summed E-state index contributed by atoms with van der Waals surface area (Å²) in [5.74, 6) is 1.54. The third-order valence-corrected chi connectivity index (χ3v) is 5.59. The van der Waals surface area contributed by atoms with E-state index >= 15 is 0 Å². The lowest BCUT2D eigenvalue weighted by atomic mass is 10.1. The maximum Gasteiger partial charge on any atom is 0.297 e. The highest BCUT2D eigenvalue weighted by Crippen LogP contribution is 2.35. The van der Waals surface area contributed by atoms with Gasteiger partial charge >= 0.3 is 0 Å². The first kappa shape index (κ1) is 23.7. The van der Waals surface area contributed by atoms with Crippen molar-refractivity contribution in [3.63, 3.8) is 0 Å². The lowest BCUT2D eigenvalue weighted by Crippen LogP contribution is -2.24. The van der Waals surface area contributed by atoms with Crippen molar-refractivity contribution in [3.05, 3.63) is 64.4 Å². The Hall–Kier alpha value is -2.95. The second kappa shape index (κ2) is 12.2. The van der Waals surface area contributed by atoms with E-state index in [9.17, 15) is 4.79 Å². The molecule has 0 saturated carbocycles. The number of aromatic nitrogens is 1. The molecule has 0 spiro atoms. The Labute approximate surface area is 190 Å². The van der Waals surface area contributed by atoms with Crippen molar-refractivity contribution in [2.24, 2.45) is 0 Å². The van der Waals surface area contributed by atoms with Crippen LogP contribution in [0.3, 0.4) is 0 Å². The molecule has 3 rings (SSSR count). The van der Waals surface area contributed by atoms with Crippen molar-refractivity contribution in [1.29, 1.82) is 0 Å². The van der Waals surface area contributed by atoms with Gasteiger partial charge in [0.25, 0.3) is 5.56 Å². The van der Waals surface area contributed by atoms with E-state index in [0.717, 1.165) is 42.1 Å². The Morgan fingerprint density at radius 2 is 1.62 bits per heavy atom. The molecule has 172 valence electrons. The van der Waals surface area contributed by atoms with Crippen LogP contribution in [-0.4, -0.2) is 18.3 Å².